The molecule has 1 fully saturated rings. The third kappa shape index (κ3) is 2.39. The van der Waals surface area contributed by atoms with Crippen molar-refractivity contribution in [3.05, 3.63) is 21.9 Å². The molecule has 0 spiro atoms. The van der Waals surface area contributed by atoms with E-state index < -0.39 is 23.2 Å². The fourth-order valence-corrected chi connectivity index (χ4v) is 3.61. The molecule has 0 radical (unpaired) electrons. The first kappa shape index (κ1) is 14.1. The van der Waals surface area contributed by atoms with E-state index >= 15 is 0 Å². The summed E-state index contributed by atoms with van der Waals surface area (Å²) in [5.74, 6) is -1.88. The number of hydrogen-bond donors (Lipinski definition) is 1. The van der Waals surface area contributed by atoms with Crippen molar-refractivity contribution in [2.24, 2.45) is 17.3 Å². The largest absolute Gasteiger partial charge is 0.481 e. The number of nitrogens with zero attached hydrogens (tertiary/aromatic N) is 1. The molecule has 2 atom stereocenters. The topological polar surface area (TPSA) is 57.6 Å². The molecule has 1 aromatic heterocycles. The Bertz CT molecular complexity index is 521. The molecule has 1 amide bonds. The van der Waals surface area contributed by atoms with E-state index in [1.165, 1.54) is 5.56 Å². The van der Waals surface area contributed by atoms with Crippen LogP contribution >= 0.6 is 11.3 Å². The van der Waals surface area contributed by atoms with Gasteiger partial charge in [0, 0.05) is 11.9 Å². The van der Waals surface area contributed by atoms with E-state index in [9.17, 15) is 9.59 Å². The lowest BCUT2D eigenvalue weighted by atomic mass is 10.1. The number of hydrogen-bond acceptors (Lipinski definition) is 3. The molecule has 5 heteroatoms. The summed E-state index contributed by atoms with van der Waals surface area (Å²) in [6.45, 7) is 6.27. The Balaban J connectivity index is 2.05. The van der Waals surface area contributed by atoms with E-state index in [4.69, 9.17) is 5.11 Å². The quantitative estimate of drug-likeness (QED) is 0.921. The number of amides is 1. The summed E-state index contributed by atoms with van der Waals surface area (Å²) < 4.78 is 0. The Morgan fingerprint density at radius 1 is 1.42 bits per heavy atom. The number of carbonyl (C=O) groups is 2. The van der Waals surface area contributed by atoms with Gasteiger partial charge in [-0.05, 0) is 29.3 Å². The minimum absolute atomic E-state index is 0.0646. The molecular weight excluding hydrogens is 262 g/mol. The first-order chi connectivity index (χ1) is 8.76. The van der Waals surface area contributed by atoms with Gasteiger partial charge < -0.3 is 10.0 Å². The molecule has 0 bridgehead atoms. The molecule has 104 valence electrons. The number of aryl methyl sites for hydroxylation is 1. The van der Waals surface area contributed by atoms with Crippen LogP contribution in [0.25, 0.3) is 0 Å². The molecule has 1 aliphatic rings. The zero-order chi connectivity index (χ0) is 14.4. The summed E-state index contributed by atoms with van der Waals surface area (Å²) in [5.41, 5.74) is 0.747. The monoisotopic (exact) mass is 281 g/mol. The number of thiophene rings is 1. The lowest BCUT2D eigenvalue weighted by Crippen LogP contribution is -2.29. The molecule has 19 heavy (non-hydrogen) atoms. The maximum absolute atomic E-state index is 12.3. The van der Waals surface area contributed by atoms with Gasteiger partial charge in [0.15, 0.2) is 0 Å². The first-order valence-corrected chi connectivity index (χ1v) is 7.15. The Labute approximate surface area is 117 Å². The van der Waals surface area contributed by atoms with Crippen LogP contribution in [0.5, 0.6) is 0 Å². The van der Waals surface area contributed by atoms with Crippen LogP contribution in [0.1, 0.15) is 24.3 Å². The van der Waals surface area contributed by atoms with Crippen molar-refractivity contribution in [1.29, 1.82) is 0 Å². The molecule has 2 rings (SSSR count). The Morgan fingerprint density at radius 2 is 2.05 bits per heavy atom. The van der Waals surface area contributed by atoms with E-state index in [1.807, 2.05) is 32.2 Å². The molecule has 0 unspecified atom stereocenters. The van der Waals surface area contributed by atoms with Gasteiger partial charge in [-0.1, -0.05) is 13.8 Å². The second kappa shape index (κ2) is 4.63. The van der Waals surface area contributed by atoms with Crippen LogP contribution < -0.4 is 0 Å². The smallest absolute Gasteiger partial charge is 0.307 e. The molecule has 1 saturated carbocycles. The highest BCUT2D eigenvalue weighted by Crippen LogP contribution is 2.59. The summed E-state index contributed by atoms with van der Waals surface area (Å²) in [6.07, 6.45) is 0. The van der Waals surface area contributed by atoms with Gasteiger partial charge >= 0.3 is 5.97 Å². The second-order valence-electron chi connectivity index (χ2n) is 5.84. The Morgan fingerprint density at radius 3 is 2.47 bits per heavy atom. The van der Waals surface area contributed by atoms with Crippen molar-refractivity contribution < 1.29 is 14.7 Å². The molecular formula is C14H19NO3S. The summed E-state index contributed by atoms with van der Waals surface area (Å²) in [5, 5.41) is 11.1. The van der Waals surface area contributed by atoms with Gasteiger partial charge in [-0.15, -0.1) is 11.3 Å². The maximum Gasteiger partial charge on any atom is 0.307 e. The standard InChI is InChI=1S/C14H19NO3S/c1-8-5-6-19-9(8)7-15(4)12(16)10-11(13(17)18)14(10,2)3/h5-6,10-11H,7H2,1-4H3,(H,17,18)/t10-,11+/m1/s1. The van der Waals surface area contributed by atoms with Crippen LogP contribution in [0, 0.1) is 24.2 Å². The van der Waals surface area contributed by atoms with Crippen LogP contribution in [0.3, 0.4) is 0 Å². The number of carbonyl (C=O) groups excluding carboxylic acids is 1. The molecule has 0 saturated heterocycles. The SMILES string of the molecule is Cc1ccsc1CN(C)C(=O)[C@H]1[C@@H](C(=O)O)C1(C)C. The first-order valence-electron chi connectivity index (χ1n) is 6.27. The maximum atomic E-state index is 12.3. The molecule has 0 aromatic carbocycles. The highest BCUT2D eigenvalue weighted by Gasteiger charge is 2.66. The van der Waals surface area contributed by atoms with E-state index in [0.717, 1.165) is 4.88 Å². The third-order valence-corrected chi connectivity index (χ3v) is 5.09. The fraction of sp³-hybridized carbons (Fsp3) is 0.571. The predicted octanol–water partition coefficient (Wildman–Crippen LogP) is 2.37. The van der Waals surface area contributed by atoms with E-state index in [2.05, 4.69) is 0 Å². The summed E-state index contributed by atoms with van der Waals surface area (Å²) >= 11 is 1.62. The van der Waals surface area contributed by atoms with Crippen LogP contribution in [-0.2, 0) is 16.1 Å². The summed E-state index contributed by atoms with van der Waals surface area (Å²) in [6, 6.07) is 2.03. The highest BCUT2D eigenvalue weighted by atomic mass is 32.1. The van der Waals surface area contributed by atoms with E-state index in [-0.39, 0.29) is 5.91 Å². The highest BCUT2D eigenvalue weighted by molar-refractivity contribution is 7.10. The van der Waals surface area contributed by atoms with Crippen molar-refractivity contribution in [3.8, 4) is 0 Å². The molecule has 4 nitrogen and oxygen atoms in total. The van der Waals surface area contributed by atoms with Gasteiger partial charge in [0.25, 0.3) is 0 Å². The second-order valence-corrected chi connectivity index (χ2v) is 6.84. The number of aliphatic carboxylic acids is 1. The van der Waals surface area contributed by atoms with Crippen LogP contribution in [0.2, 0.25) is 0 Å². The van der Waals surface area contributed by atoms with Crippen molar-refractivity contribution in [2.45, 2.75) is 27.3 Å². The Hall–Kier alpha value is -1.36. The lowest BCUT2D eigenvalue weighted by Gasteiger charge is -2.17. The average Bonchev–Trinajstić information content (AvgIpc) is 2.66. The van der Waals surface area contributed by atoms with Gasteiger partial charge in [0.2, 0.25) is 5.91 Å². The van der Waals surface area contributed by atoms with Crippen LogP contribution in [0.15, 0.2) is 11.4 Å². The fourth-order valence-electron chi connectivity index (χ4n) is 2.66. The van der Waals surface area contributed by atoms with Gasteiger partial charge in [-0.2, -0.15) is 0 Å². The van der Waals surface area contributed by atoms with Crippen molar-refractivity contribution in [3.63, 3.8) is 0 Å². The van der Waals surface area contributed by atoms with Crippen LogP contribution in [-0.4, -0.2) is 28.9 Å². The summed E-state index contributed by atoms with van der Waals surface area (Å²) in [7, 11) is 1.74. The zero-order valence-corrected chi connectivity index (χ0v) is 12.5. The zero-order valence-electron chi connectivity index (χ0n) is 11.6. The minimum Gasteiger partial charge on any atom is -0.481 e. The number of carboxylic acids is 1. The van der Waals surface area contributed by atoms with E-state index in [1.54, 1.807) is 23.3 Å². The molecule has 1 heterocycles. The molecule has 1 N–H and O–H groups in total. The normalized spacial score (nSPS) is 24.0. The van der Waals surface area contributed by atoms with Crippen molar-refractivity contribution >= 4 is 23.2 Å². The molecule has 1 aromatic rings. The lowest BCUT2D eigenvalue weighted by molar-refractivity contribution is -0.141. The minimum atomic E-state index is -0.871. The van der Waals surface area contributed by atoms with Gasteiger partial charge in [-0.25, -0.2) is 0 Å². The van der Waals surface area contributed by atoms with Gasteiger partial charge in [0.1, 0.15) is 0 Å². The van der Waals surface area contributed by atoms with Crippen molar-refractivity contribution in [2.75, 3.05) is 7.05 Å². The third-order valence-electron chi connectivity index (χ3n) is 4.08. The molecule has 1 aliphatic carbocycles. The number of carboxylic acid groups (broad SMARTS) is 1. The van der Waals surface area contributed by atoms with Gasteiger partial charge in [0.05, 0.1) is 18.4 Å². The number of rotatable bonds is 4. The van der Waals surface area contributed by atoms with Crippen LogP contribution in [0.4, 0.5) is 0 Å². The van der Waals surface area contributed by atoms with E-state index in [0.29, 0.717) is 6.54 Å². The molecule has 0 aliphatic heterocycles. The van der Waals surface area contributed by atoms with Crippen molar-refractivity contribution in [1.82, 2.24) is 4.90 Å². The predicted molar refractivity (Wildman–Crippen MR) is 73.9 cm³/mol. The van der Waals surface area contributed by atoms with Gasteiger partial charge in [-0.3, -0.25) is 9.59 Å². The average molecular weight is 281 g/mol. The summed E-state index contributed by atoms with van der Waals surface area (Å²) in [4.78, 5) is 26.3. The Kier molecular flexibility index (Phi) is 3.43.